The van der Waals surface area contributed by atoms with Gasteiger partial charge in [0.25, 0.3) is 9.41 Å². The molecule has 0 bridgehead atoms. The van der Waals surface area contributed by atoms with Crippen molar-refractivity contribution >= 4 is 9.41 Å². The van der Waals surface area contributed by atoms with E-state index in [4.69, 9.17) is 0 Å². The fourth-order valence-electron chi connectivity index (χ4n) is 1.72. The van der Waals surface area contributed by atoms with Gasteiger partial charge in [0, 0.05) is 0 Å². The first-order valence-electron chi connectivity index (χ1n) is 6.35. The zero-order chi connectivity index (χ0) is 10.5. The van der Waals surface area contributed by atoms with Gasteiger partial charge in [0.05, 0.1) is 0 Å². The largest absolute Gasteiger partial charge is 0.392 e. The highest BCUT2D eigenvalue weighted by Crippen LogP contribution is 2.10. The molecule has 0 aromatic rings. The van der Waals surface area contributed by atoms with Crippen molar-refractivity contribution in [3.05, 3.63) is 0 Å². The molecule has 0 amide bonds. The van der Waals surface area contributed by atoms with Crippen molar-refractivity contribution in [3.63, 3.8) is 0 Å². The maximum atomic E-state index is 10.2. The standard InChI is InChI=1S/C12H26OSi/c1-2-3-4-5-6-7-8-9-10-11-12-14-13/h14H,2-12H2,1H3. The Morgan fingerprint density at radius 2 is 1.14 bits per heavy atom. The van der Waals surface area contributed by atoms with Crippen LogP contribution in [0.3, 0.4) is 0 Å². The van der Waals surface area contributed by atoms with Gasteiger partial charge in [-0.3, -0.25) is 0 Å². The molecule has 0 rings (SSSR count). The van der Waals surface area contributed by atoms with E-state index < -0.39 is 9.41 Å². The molecule has 0 fully saturated rings. The van der Waals surface area contributed by atoms with Crippen LogP contribution in [-0.4, -0.2) is 9.41 Å². The fraction of sp³-hybridized carbons (Fsp3) is 1.00. The van der Waals surface area contributed by atoms with Gasteiger partial charge in [-0.2, -0.15) is 0 Å². The Morgan fingerprint density at radius 1 is 0.714 bits per heavy atom. The Morgan fingerprint density at radius 3 is 1.57 bits per heavy atom. The number of hydrogen-bond donors (Lipinski definition) is 0. The molecule has 1 nitrogen and oxygen atoms in total. The Hall–Kier alpha value is 0.0169. The van der Waals surface area contributed by atoms with Crippen molar-refractivity contribution < 1.29 is 4.46 Å². The minimum atomic E-state index is -0.485. The van der Waals surface area contributed by atoms with E-state index in [2.05, 4.69) is 6.92 Å². The molecule has 0 saturated heterocycles. The monoisotopic (exact) mass is 214 g/mol. The minimum absolute atomic E-state index is 0.485. The first kappa shape index (κ1) is 14.0. The average molecular weight is 214 g/mol. The summed E-state index contributed by atoms with van der Waals surface area (Å²) in [5, 5.41) is 0. The Kier molecular flexibility index (Phi) is 13.0. The Balaban J connectivity index is 2.81. The van der Waals surface area contributed by atoms with Crippen molar-refractivity contribution in [2.24, 2.45) is 0 Å². The number of hydrogen-bond acceptors (Lipinski definition) is 1. The second-order valence-electron chi connectivity index (χ2n) is 4.14. The predicted molar refractivity (Wildman–Crippen MR) is 64.5 cm³/mol. The number of unbranched alkanes of at least 4 members (excludes halogenated alkanes) is 9. The van der Waals surface area contributed by atoms with Gasteiger partial charge in [0.15, 0.2) is 0 Å². The van der Waals surface area contributed by atoms with Crippen molar-refractivity contribution in [2.75, 3.05) is 0 Å². The topological polar surface area (TPSA) is 17.1 Å². The smallest absolute Gasteiger partial charge is 0.261 e. The van der Waals surface area contributed by atoms with Crippen LogP contribution in [0, 0.1) is 0 Å². The first-order valence-corrected chi connectivity index (χ1v) is 7.64. The molecule has 0 radical (unpaired) electrons. The van der Waals surface area contributed by atoms with Gasteiger partial charge in [-0.1, -0.05) is 71.1 Å². The second-order valence-corrected chi connectivity index (χ2v) is 5.05. The summed E-state index contributed by atoms with van der Waals surface area (Å²) in [4.78, 5) is 0. The molecule has 0 aliphatic carbocycles. The van der Waals surface area contributed by atoms with Crippen molar-refractivity contribution in [1.82, 2.24) is 0 Å². The Labute approximate surface area is 91.6 Å². The molecule has 0 aliphatic heterocycles. The molecule has 0 saturated carbocycles. The maximum Gasteiger partial charge on any atom is 0.261 e. The molecule has 2 heteroatoms. The summed E-state index contributed by atoms with van der Waals surface area (Å²) < 4.78 is 10.2. The van der Waals surface area contributed by atoms with E-state index in [0.29, 0.717) is 0 Å². The van der Waals surface area contributed by atoms with Crippen LogP contribution in [-0.2, 0) is 4.46 Å². The maximum absolute atomic E-state index is 10.2. The third-order valence-corrected chi connectivity index (χ3v) is 3.32. The summed E-state index contributed by atoms with van der Waals surface area (Å²) in [5.74, 6) is 0. The normalized spacial score (nSPS) is 10.4. The van der Waals surface area contributed by atoms with Crippen LogP contribution in [0.5, 0.6) is 0 Å². The molecule has 0 unspecified atom stereocenters. The lowest BCUT2D eigenvalue weighted by molar-refractivity contribution is 0.554. The van der Waals surface area contributed by atoms with Gasteiger partial charge >= 0.3 is 0 Å². The van der Waals surface area contributed by atoms with E-state index in [-0.39, 0.29) is 0 Å². The third kappa shape index (κ3) is 12.0. The highest BCUT2D eigenvalue weighted by molar-refractivity contribution is 6.16. The molecule has 0 atom stereocenters. The molecule has 0 heterocycles. The molecule has 0 aromatic carbocycles. The summed E-state index contributed by atoms with van der Waals surface area (Å²) >= 11 is 0. The van der Waals surface area contributed by atoms with Gasteiger partial charge in [0.1, 0.15) is 0 Å². The van der Waals surface area contributed by atoms with Crippen LogP contribution in [0.25, 0.3) is 0 Å². The second kappa shape index (κ2) is 13.0. The summed E-state index contributed by atoms with van der Waals surface area (Å²) in [5.41, 5.74) is 0. The first-order chi connectivity index (χ1) is 6.91. The van der Waals surface area contributed by atoms with Crippen LogP contribution in [0.15, 0.2) is 0 Å². The third-order valence-electron chi connectivity index (χ3n) is 2.68. The molecular formula is C12H26OSi. The summed E-state index contributed by atoms with van der Waals surface area (Å²) in [7, 11) is -0.485. The van der Waals surface area contributed by atoms with E-state index in [1.165, 1.54) is 64.2 Å². The molecular weight excluding hydrogens is 188 g/mol. The molecule has 0 aliphatic rings. The van der Waals surface area contributed by atoms with Crippen LogP contribution in [0.1, 0.15) is 71.1 Å². The fourth-order valence-corrected chi connectivity index (χ4v) is 2.17. The zero-order valence-electron chi connectivity index (χ0n) is 9.76. The van der Waals surface area contributed by atoms with Crippen molar-refractivity contribution in [3.8, 4) is 0 Å². The van der Waals surface area contributed by atoms with Gasteiger partial charge in [0.2, 0.25) is 0 Å². The lowest BCUT2D eigenvalue weighted by atomic mass is 10.1. The van der Waals surface area contributed by atoms with Gasteiger partial charge in [-0.15, -0.1) is 0 Å². The summed E-state index contributed by atoms with van der Waals surface area (Å²) in [6.45, 7) is 2.26. The van der Waals surface area contributed by atoms with E-state index in [1.54, 1.807) is 0 Å². The Bertz CT molecular complexity index is 115. The average Bonchev–Trinajstić information content (AvgIpc) is 2.21. The molecule has 14 heavy (non-hydrogen) atoms. The quantitative estimate of drug-likeness (QED) is 0.374. The summed E-state index contributed by atoms with van der Waals surface area (Å²) in [6, 6.07) is 0.969. The van der Waals surface area contributed by atoms with Crippen molar-refractivity contribution in [2.45, 2.75) is 77.2 Å². The van der Waals surface area contributed by atoms with E-state index >= 15 is 0 Å². The lowest BCUT2D eigenvalue weighted by Gasteiger charge is -2.00. The highest BCUT2D eigenvalue weighted by Gasteiger charge is 1.91. The molecule has 0 N–H and O–H groups in total. The van der Waals surface area contributed by atoms with Gasteiger partial charge < -0.3 is 4.46 Å². The van der Waals surface area contributed by atoms with Gasteiger partial charge in [-0.05, 0) is 6.04 Å². The van der Waals surface area contributed by atoms with Crippen LogP contribution in [0.2, 0.25) is 6.04 Å². The molecule has 0 spiro atoms. The number of rotatable bonds is 11. The van der Waals surface area contributed by atoms with Crippen molar-refractivity contribution in [1.29, 1.82) is 0 Å². The van der Waals surface area contributed by atoms with Crippen LogP contribution >= 0.6 is 0 Å². The zero-order valence-corrected chi connectivity index (χ0v) is 10.9. The molecule has 0 aromatic heterocycles. The highest BCUT2D eigenvalue weighted by atomic mass is 28.2. The SMILES string of the molecule is CCCCCCCCCCCC[SiH]=O. The van der Waals surface area contributed by atoms with Crippen LogP contribution in [0.4, 0.5) is 0 Å². The summed E-state index contributed by atoms with van der Waals surface area (Å²) in [6.07, 6.45) is 13.7. The molecule has 84 valence electrons. The van der Waals surface area contributed by atoms with Crippen LogP contribution < -0.4 is 0 Å². The minimum Gasteiger partial charge on any atom is -0.392 e. The van der Waals surface area contributed by atoms with Gasteiger partial charge in [-0.25, -0.2) is 0 Å². The predicted octanol–water partition coefficient (Wildman–Crippen LogP) is 4.11. The van der Waals surface area contributed by atoms with E-state index in [1.807, 2.05) is 0 Å². The van der Waals surface area contributed by atoms with E-state index in [9.17, 15) is 4.46 Å². The lowest BCUT2D eigenvalue weighted by Crippen LogP contribution is -1.82. The van der Waals surface area contributed by atoms with E-state index in [0.717, 1.165) is 6.04 Å².